The Bertz CT molecular complexity index is 517. The Kier molecular flexibility index (Phi) is 3.20. The van der Waals surface area contributed by atoms with E-state index in [2.05, 4.69) is 48.0 Å². The minimum atomic E-state index is 0.678. The molecule has 0 saturated carbocycles. The van der Waals surface area contributed by atoms with Crippen LogP contribution in [-0.2, 0) is 6.42 Å². The zero-order valence-electron chi connectivity index (χ0n) is 9.63. The molecule has 2 aromatic carbocycles. The molecule has 1 nitrogen and oxygen atoms in total. The largest absolute Gasteiger partial charge is 0.398 e. The summed E-state index contributed by atoms with van der Waals surface area (Å²) in [6.07, 6.45) is 1.11. The fraction of sp³-hybridized carbons (Fsp3) is 0.286. The Balaban J connectivity index is 2.57. The molecule has 16 heavy (non-hydrogen) atoms. The van der Waals surface area contributed by atoms with Crippen molar-refractivity contribution in [1.29, 1.82) is 0 Å². The van der Waals surface area contributed by atoms with E-state index >= 15 is 0 Å². The van der Waals surface area contributed by atoms with Crippen molar-refractivity contribution < 1.29 is 0 Å². The van der Waals surface area contributed by atoms with Crippen LogP contribution < -0.4 is 5.73 Å². The van der Waals surface area contributed by atoms with Crippen LogP contribution in [0, 0.1) is 5.92 Å². The molecule has 2 N–H and O–H groups in total. The molecule has 0 unspecified atom stereocenters. The number of fused-ring (bicyclic) bond motifs is 1. The van der Waals surface area contributed by atoms with Crippen LogP contribution in [0.25, 0.3) is 10.8 Å². The molecule has 84 valence electrons. The van der Waals surface area contributed by atoms with Crippen LogP contribution in [0.2, 0.25) is 0 Å². The highest BCUT2D eigenvalue weighted by molar-refractivity contribution is 9.10. The molecule has 0 aliphatic heterocycles. The lowest BCUT2D eigenvalue weighted by molar-refractivity contribution is 0.648. The first kappa shape index (κ1) is 11.5. The van der Waals surface area contributed by atoms with Gasteiger partial charge in [-0.2, -0.15) is 0 Å². The molecule has 0 amide bonds. The maximum Gasteiger partial charge on any atom is 0.0394 e. The second kappa shape index (κ2) is 4.46. The fourth-order valence-electron chi connectivity index (χ4n) is 1.98. The summed E-state index contributed by atoms with van der Waals surface area (Å²) in [4.78, 5) is 0. The van der Waals surface area contributed by atoms with Crippen LogP contribution in [0.4, 0.5) is 5.69 Å². The monoisotopic (exact) mass is 277 g/mol. The van der Waals surface area contributed by atoms with Crippen LogP contribution in [0.3, 0.4) is 0 Å². The van der Waals surface area contributed by atoms with E-state index < -0.39 is 0 Å². The highest BCUT2D eigenvalue weighted by Gasteiger charge is 2.04. The van der Waals surface area contributed by atoms with E-state index in [0.717, 1.165) is 22.0 Å². The zero-order chi connectivity index (χ0) is 11.7. The minimum Gasteiger partial charge on any atom is -0.398 e. The molecule has 0 atom stereocenters. The van der Waals surface area contributed by atoms with Gasteiger partial charge < -0.3 is 5.73 Å². The first-order valence-corrected chi connectivity index (χ1v) is 6.34. The fourth-order valence-corrected chi connectivity index (χ4v) is 2.44. The molecule has 2 aromatic rings. The zero-order valence-corrected chi connectivity index (χ0v) is 11.2. The third-order valence-corrected chi connectivity index (χ3v) is 3.40. The predicted molar refractivity (Wildman–Crippen MR) is 74.6 cm³/mol. The van der Waals surface area contributed by atoms with E-state index in [1.54, 1.807) is 0 Å². The number of anilines is 1. The molecule has 0 heterocycles. The van der Waals surface area contributed by atoms with E-state index in [4.69, 9.17) is 5.73 Å². The molecular formula is C14H16BrN. The summed E-state index contributed by atoms with van der Waals surface area (Å²) in [6.45, 7) is 4.47. The number of rotatable bonds is 2. The molecule has 0 spiro atoms. The van der Waals surface area contributed by atoms with Gasteiger partial charge in [-0.25, -0.2) is 0 Å². The van der Waals surface area contributed by atoms with Crippen molar-refractivity contribution in [2.45, 2.75) is 20.3 Å². The lowest BCUT2D eigenvalue weighted by Gasteiger charge is -2.09. The summed E-state index contributed by atoms with van der Waals surface area (Å²) in [5.41, 5.74) is 8.17. The molecule has 2 rings (SSSR count). The molecule has 0 aliphatic carbocycles. The first-order valence-electron chi connectivity index (χ1n) is 5.54. The lowest BCUT2D eigenvalue weighted by atomic mass is 9.99. The molecule has 0 bridgehead atoms. The highest BCUT2D eigenvalue weighted by Crippen LogP contribution is 2.29. The summed E-state index contributed by atoms with van der Waals surface area (Å²) < 4.78 is 1.11. The molecule has 0 fully saturated rings. The van der Waals surface area contributed by atoms with Gasteiger partial charge in [0.15, 0.2) is 0 Å². The van der Waals surface area contributed by atoms with Gasteiger partial charge >= 0.3 is 0 Å². The van der Waals surface area contributed by atoms with Gasteiger partial charge in [0.2, 0.25) is 0 Å². The number of nitrogen functional groups attached to an aromatic ring is 1. The Morgan fingerprint density at radius 1 is 1.12 bits per heavy atom. The van der Waals surface area contributed by atoms with Gasteiger partial charge in [0, 0.05) is 15.5 Å². The molecular weight excluding hydrogens is 262 g/mol. The summed E-state index contributed by atoms with van der Waals surface area (Å²) in [6, 6.07) is 10.5. The highest BCUT2D eigenvalue weighted by atomic mass is 79.9. The normalized spacial score (nSPS) is 11.2. The first-order chi connectivity index (χ1) is 7.58. The van der Waals surface area contributed by atoms with Crippen molar-refractivity contribution >= 4 is 32.4 Å². The van der Waals surface area contributed by atoms with Gasteiger partial charge in [0.05, 0.1) is 0 Å². The van der Waals surface area contributed by atoms with Crippen LogP contribution in [0.15, 0.2) is 34.8 Å². The average Bonchev–Trinajstić information content (AvgIpc) is 2.23. The number of hydrogen-bond acceptors (Lipinski definition) is 1. The van der Waals surface area contributed by atoms with E-state index in [1.165, 1.54) is 10.9 Å². The smallest absolute Gasteiger partial charge is 0.0394 e. The Morgan fingerprint density at radius 3 is 2.56 bits per heavy atom. The second-order valence-electron chi connectivity index (χ2n) is 4.61. The van der Waals surface area contributed by atoms with Crippen molar-refractivity contribution in [3.05, 3.63) is 40.4 Å². The van der Waals surface area contributed by atoms with Crippen LogP contribution in [0.5, 0.6) is 0 Å². The molecule has 0 saturated heterocycles. The van der Waals surface area contributed by atoms with Crippen LogP contribution >= 0.6 is 15.9 Å². The summed E-state index contributed by atoms with van der Waals surface area (Å²) >= 11 is 3.58. The molecule has 0 aliphatic rings. The Labute approximate surface area is 105 Å². The second-order valence-corrected chi connectivity index (χ2v) is 5.47. The van der Waals surface area contributed by atoms with Crippen molar-refractivity contribution in [2.24, 2.45) is 5.92 Å². The van der Waals surface area contributed by atoms with E-state index in [9.17, 15) is 0 Å². The molecule has 0 aromatic heterocycles. The molecule has 2 heteroatoms. The minimum absolute atomic E-state index is 0.678. The van der Waals surface area contributed by atoms with Gasteiger partial charge in [0.25, 0.3) is 0 Å². The van der Waals surface area contributed by atoms with Gasteiger partial charge in [0.1, 0.15) is 0 Å². The van der Waals surface area contributed by atoms with Gasteiger partial charge in [-0.15, -0.1) is 0 Å². The van der Waals surface area contributed by atoms with Gasteiger partial charge in [-0.3, -0.25) is 0 Å². The summed E-state index contributed by atoms with van der Waals surface area (Å²) in [7, 11) is 0. The van der Waals surface area contributed by atoms with E-state index in [-0.39, 0.29) is 0 Å². The topological polar surface area (TPSA) is 26.0 Å². The summed E-state index contributed by atoms with van der Waals surface area (Å²) in [5, 5.41) is 2.33. The maximum atomic E-state index is 5.96. The van der Waals surface area contributed by atoms with E-state index in [0.29, 0.717) is 5.92 Å². The summed E-state index contributed by atoms with van der Waals surface area (Å²) in [5.74, 6) is 0.678. The number of hydrogen-bond donors (Lipinski definition) is 1. The van der Waals surface area contributed by atoms with Crippen LogP contribution in [0.1, 0.15) is 19.4 Å². The van der Waals surface area contributed by atoms with E-state index in [1.807, 2.05) is 12.1 Å². The van der Waals surface area contributed by atoms with Gasteiger partial charge in [-0.1, -0.05) is 41.9 Å². The van der Waals surface area contributed by atoms with Gasteiger partial charge in [-0.05, 0) is 41.5 Å². The SMILES string of the molecule is CC(C)Cc1ccc2c(N)ccc(Br)c2c1. The molecule has 0 radical (unpaired) electrons. The Morgan fingerprint density at radius 2 is 1.88 bits per heavy atom. The third-order valence-electron chi connectivity index (χ3n) is 2.71. The number of halogens is 1. The maximum absolute atomic E-state index is 5.96. The van der Waals surface area contributed by atoms with Crippen molar-refractivity contribution in [3.63, 3.8) is 0 Å². The third kappa shape index (κ3) is 2.22. The van der Waals surface area contributed by atoms with Crippen molar-refractivity contribution in [2.75, 3.05) is 5.73 Å². The van der Waals surface area contributed by atoms with Crippen molar-refractivity contribution in [3.8, 4) is 0 Å². The predicted octanol–water partition coefficient (Wildman–Crippen LogP) is 4.38. The Hall–Kier alpha value is -1.02. The quantitative estimate of drug-likeness (QED) is 0.810. The number of nitrogens with two attached hydrogens (primary N) is 1. The average molecular weight is 278 g/mol. The van der Waals surface area contributed by atoms with Crippen molar-refractivity contribution in [1.82, 2.24) is 0 Å². The lowest BCUT2D eigenvalue weighted by Crippen LogP contribution is -1.94. The number of benzene rings is 2. The standard InChI is InChI=1S/C14H16BrN/c1-9(2)7-10-3-4-11-12(8-10)13(15)5-6-14(11)16/h3-6,8-9H,7,16H2,1-2H3. The van der Waals surface area contributed by atoms with Crippen LogP contribution in [-0.4, -0.2) is 0 Å².